The van der Waals surface area contributed by atoms with E-state index in [0.29, 0.717) is 24.7 Å². The van der Waals surface area contributed by atoms with Gasteiger partial charge in [-0.1, -0.05) is 31.6 Å². The third-order valence-electron chi connectivity index (χ3n) is 6.78. The molecule has 1 heterocycles. The number of unbranched alkanes of at least 4 members (excludes halogenated alkanes) is 1. The van der Waals surface area contributed by atoms with Gasteiger partial charge in [-0.2, -0.15) is 0 Å². The molecule has 2 N–H and O–H groups in total. The number of terminal acetylenes is 1. The lowest BCUT2D eigenvalue weighted by atomic mass is 9.97. The molecule has 1 aliphatic carbocycles. The smallest absolute Gasteiger partial charge is 0.267 e. The maximum atomic E-state index is 13.0. The molecule has 1 atom stereocenters. The molecule has 1 aromatic rings. The van der Waals surface area contributed by atoms with Crippen molar-refractivity contribution in [2.75, 3.05) is 40.3 Å². The molecule has 3 amide bonds. The van der Waals surface area contributed by atoms with E-state index in [-0.39, 0.29) is 36.3 Å². The van der Waals surface area contributed by atoms with Gasteiger partial charge in [-0.25, -0.2) is 4.98 Å². The molecule has 0 spiro atoms. The zero-order chi connectivity index (χ0) is 29.2. The highest BCUT2D eigenvalue weighted by Crippen LogP contribution is 2.15. The number of carbonyl (C=O) groups is 3. The van der Waals surface area contributed by atoms with Crippen LogP contribution >= 0.6 is 11.3 Å². The monoisotopic (exact) mass is 567 g/mol. The number of carbonyl (C=O) groups excluding carboxylic acids is 3. The lowest BCUT2D eigenvalue weighted by molar-refractivity contribution is -0.132. The molecule has 8 nitrogen and oxygen atoms in total. The minimum absolute atomic E-state index is 0.0110. The number of likely N-dealkylation sites (N-methyl/N-ethyl adjacent to an activating group) is 2. The Morgan fingerprint density at radius 3 is 2.70 bits per heavy atom. The van der Waals surface area contributed by atoms with Crippen LogP contribution in [0.1, 0.15) is 70.4 Å². The number of thiazole rings is 1. The van der Waals surface area contributed by atoms with E-state index in [1.54, 1.807) is 28.9 Å². The van der Waals surface area contributed by atoms with Gasteiger partial charge in [0.25, 0.3) is 5.91 Å². The first-order chi connectivity index (χ1) is 19.3. The van der Waals surface area contributed by atoms with Crippen LogP contribution in [-0.2, 0) is 14.4 Å². The van der Waals surface area contributed by atoms with Gasteiger partial charge in [0.2, 0.25) is 11.8 Å². The van der Waals surface area contributed by atoms with Crippen LogP contribution in [0.4, 0.5) is 0 Å². The second-order valence-electron chi connectivity index (χ2n) is 10.3. The number of aromatic nitrogens is 1. The number of nitrogens with zero attached hydrogens (tertiary/aromatic N) is 3. The van der Waals surface area contributed by atoms with Crippen LogP contribution in [0.15, 0.2) is 40.4 Å². The molecule has 9 heteroatoms. The van der Waals surface area contributed by atoms with E-state index in [4.69, 9.17) is 6.42 Å². The van der Waals surface area contributed by atoms with Gasteiger partial charge in [-0.3, -0.25) is 14.4 Å². The van der Waals surface area contributed by atoms with Crippen LogP contribution < -0.4 is 10.6 Å². The molecule has 1 unspecified atom stereocenters. The summed E-state index contributed by atoms with van der Waals surface area (Å²) in [5.41, 5.74) is 3.69. The van der Waals surface area contributed by atoms with Crippen molar-refractivity contribution >= 4 is 35.1 Å². The van der Waals surface area contributed by atoms with E-state index < -0.39 is 0 Å². The molecule has 0 aliphatic heterocycles. The minimum atomic E-state index is -0.384. The summed E-state index contributed by atoms with van der Waals surface area (Å²) < 4.78 is 0. The van der Waals surface area contributed by atoms with Crippen molar-refractivity contribution in [3.8, 4) is 12.3 Å². The second kappa shape index (κ2) is 19.0. The van der Waals surface area contributed by atoms with Gasteiger partial charge in [0.15, 0.2) is 0 Å². The van der Waals surface area contributed by atoms with E-state index in [1.165, 1.54) is 16.9 Å². The molecule has 1 aromatic heterocycles. The first-order valence-electron chi connectivity index (χ1n) is 14.2. The number of allylic oxidation sites excluding steroid dienone is 2. The summed E-state index contributed by atoms with van der Waals surface area (Å²) in [6, 6.07) is 0. The van der Waals surface area contributed by atoms with E-state index in [1.807, 2.05) is 7.05 Å². The zero-order valence-corrected chi connectivity index (χ0v) is 25.1. The Hall–Kier alpha value is -3.22. The molecule has 1 aliphatic rings. The Balaban J connectivity index is 1.85. The van der Waals surface area contributed by atoms with Crippen molar-refractivity contribution in [2.45, 2.75) is 64.7 Å². The summed E-state index contributed by atoms with van der Waals surface area (Å²) in [5.74, 6) is 2.13. The van der Waals surface area contributed by atoms with Crippen molar-refractivity contribution < 1.29 is 14.4 Å². The predicted octanol–water partition coefficient (Wildman–Crippen LogP) is 4.38. The van der Waals surface area contributed by atoms with Crippen LogP contribution in [0, 0.1) is 18.3 Å². The minimum Gasteiger partial charge on any atom is -0.350 e. The predicted molar refractivity (Wildman–Crippen MR) is 163 cm³/mol. The van der Waals surface area contributed by atoms with Gasteiger partial charge < -0.3 is 20.4 Å². The van der Waals surface area contributed by atoms with Gasteiger partial charge in [-0.15, -0.1) is 23.7 Å². The molecular formula is C31H45N5O3S. The second-order valence-corrected chi connectivity index (χ2v) is 11.0. The fourth-order valence-electron chi connectivity index (χ4n) is 4.43. The van der Waals surface area contributed by atoms with E-state index in [9.17, 15) is 14.4 Å². The number of nitrogens with one attached hydrogen (secondary N) is 2. The molecule has 2 rings (SSSR count). The van der Waals surface area contributed by atoms with Gasteiger partial charge in [-0.05, 0) is 56.7 Å². The molecular weight excluding hydrogens is 522 g/mol. The molecule has 0 radical (unpaired) electrons. The van der Waals surface area contributed by atoms with Crippen molar-refractivity contribution in [1.29, 1.82) is 0 Å². The summed E-state index contributed by atoms with van der Waals surface area (Å²) >= 11 is 1.41. The topological polar surface area (TPSA) is 94.6 Å². The van der Waals surface area contributed by atoms with Crippen molar-refractivity contribution in [3.05, 3.63) is 46.1 Å². The van der Waals surface area contributed by atoms with Crippen molar-refractivity contribution in [1.82, 2.24) is 25.4 Å². The fraction of sp³-hybridized carbons (Fsp3) is 0.548. The van der Waals surface area contributed by atoms with Gasteiger partial charge in [0.05, 0.1) is 11.2 Å². The lowest BCUT2D eigenvalue weighted by Gasteiger charge is -2.23. The molecule has 0 bridgehead atoms. The van der Waals surface area contributed by atoms with Gasteiger partial charge in [0, 0.05) is 57.9 Å². The average molecular weight is 568 g/mol. The van der Waals surface area contributed by atoms with E-state index >= 15 is 0 Å². The summed E-state index contributed by atoms with van der Waals surface area (Å²) in [7, 11) is 3.79. The fourth-order valence-corrected chi connectivity index (χ4v) is 4.94. The van der Waals surface area contributed by atoms with Gasteiger partial charge >= 0.3 is 0 Å². The maximum Gasteiger partial charge on any atom is 0.267 e. The lowest BCUT2D eigenvalue weighted by Crippen LogP contribution is -2.38. The molecule has 218 valence electrons. The highest BCUT2D eigenvalue weighted by molar-refractivity contribution is 7.07. The van der Waals surface area contributed by atoms with Gasteiger partial charge in [0.1, 0.15) is 5.70 Å². The van der Waals surface area contributed by atoms with Crippen LogP contribution in [0.5, 0.6) is 0 Å². The Bertz CT molecular complexity index is 1070. The van der Waals surface area contributed by atoms with Crippen LogP contribution in [-0.4, -0.2) is 72.8 Å². The molecule has 0 saturated heterocycles. The van der Waals surface area contributed by atoms with E-state index in [0.717, 1.165) is 58.0 Å². The Kier molecular flexibility index (Phi) is 15.6. The maximum absolute atomic E-state index is 13.0. The normalized spacial score (nSPS) is 13.9. The third-order valence-corrected chi connectivity index (χ3v) is 7.38. The quantitative estimate of drug-likeness (QED) is 0.156. The van der Waals surface area contributed by atoms with Crippen molar-refractivity contribution in [2.24, 2.45) is 5.92 Å². The Morgan fingerprint density at radius 2 is 2.02 bits per heavy atom. The Morgan fingerprint density at radius 1 is 1.20 bits per heavy atom. The molecule has 40 heavy (non-hydrogen) atoms. The molecule has 0 aromatic carbocycles. The first-order valence-corrected chi connectivity index (χ1v) is 15.2. The van der Waals surface area contributed by atoms with Crippen molar-refractivity contribution in [3.63, 3.8) is 0 Å². The number of rotatable bonds is 18. The largest absolute Gasteiger partial charge is 0.350 e. The number of hydrogen-bond donors (Lipinski definition) is 2. The highest BCUT2D eigenvalue weighted by atomic mass is 32.1. The SMILES string of the molecule is C#CCCCC(CCC)CNC(=O)/C(=C\c1cscn1)NC(=O)CCC(=O)N(C)CCN(C)CC1=CCCC=C1. The summed E-state index contributed by atoms with van der Waals surface area (Å²) in [5, 5.41) is 7.48. The average Bonchev–Trinajstić information content (AvgIpc) is 3.46. The molecule has 0 saturated carbocycles. The summed E-state index contributed by atoms with van der Waals surface area (Å²) in [4.78, 5) is 46.5. The number of hydrogen-bond acceptors (Lipinski definition) is 6. The van der Waals surface area contributed by atoms with Crippen LogP contribution in [0.2, 0.25) is 0 Å². The third kappa shape index (κ3) is 13.2. The van der Waals surface area contributed by atoms with E-state index in [2.05, 4.69) is 51.6 Å². The molecule has 0 fully saturated rings. The summed E-state index contributed by atoms with van der Waals surface area (Å²) in [6.07, 6.45) is 20.4. The van der Waals surface area contributed by atoms with Crippen LogP contribution in [0.25, 0.3) is 6.08 Å². The first kappa shape index (κ1) is 33.0. The summed E-state index contributed by atoms with van der Waals surface area (Å²) in [6.45, 7) is 4.79. The number of amides is 3. The zero-order valence-electron chi connectivity index (χ0n) is 24.3. The Labute approximate surface area is 244 Å². The van der Waals surface area contributed by atoms with Crippen LogP contribution in [0.3, 0.4) is 0 Å². The highest BCUT2D eigenvalue weighted by Gasteiger charge is 2.18. The standard InChI is InChI=1S/C31H45N5O3S/c1-5-7-9-13-25(12-6-2)21-32-31(39)28(20-27-23-40-24-33-27)34-29(37)16-17-30(38)36(4)19-18-35(3)22-26-14-10-8-11-15-26/h1,10,14-15,20,23-25H,6-9,11-13,16-19,21-22H2,2-4H3,(H,32,39)(H,34,37)/b28-20+.